The first-order chi connectivity index (χ1) is 11.8. The molecule has 11 nitrogen and oxygen atoms in total. The van der Waals surface area contributed by atoms with Gasteiger partial charge in [0.15, 0.2) is 5.69 Å². The van der Waals surface area contributed by atoms with Gasteiger partial charge >= 0.3 is 17.8 Å². The summed E-state index contributed by atoms with van der Waals surface area (Å²) in [6, 6.07) is 0.939. The van der Waals surface area contributed by atoms with Crippen LogP contribution >= 0.6 is 11.3 Å². The highest BCUT2D eigenvalue weighted by Gasteiger charge is 2.28. The van der Waals surface area contributed by atoms with E-state index in [1.165, 1.54) is 14.0 Å². The second-order valence-electron chi connectivity index (χ2n) is 4.59. The minimum atomic E-state index is -0.799. The Kier molecular flexibility index (Phi) is 5.12. The zero-order valence-corrected chi connectivity index (χ0v) is 14.1. The third-order valence-corrected chi connectivity index (χ3v) is 4.32. The Balaban J connectivity index is 2.39. The van der Waals surface area contributed by atoms with Crippen molar-refractivity contribution in [3.63, 3.8) is 0 Å². The SMILES string of the molecule is COC(=O)c1sc(NC(=O)c2cc([N+](=O)[O-])[nH]n2)c(C(=O)OC)c1C. The normalized spacial score (nSPS) is 10.2. The Morgan fingerprint density at radius 2 is 1.92 bits per heavy atom. The average Bonchev–Trinajstić information content (AvgIpc) is 3.19. The quantitative estimate of drug-likeness (QED) is 0.457. The van der Waals surface area contributed by atoms with Gasteiger partial charge in [-0.15, -0.1) is 16.4 Å². The van der Waals surface area contributed by atoms with Crippen LogP contribution in [0.15, 0.2) is 6.07 Å². The molecule has 0 bridgehead atoms. The van der Waals surface area contributed by atoms with Crippen LogP contribution in [0.25, 0.3) is 0 Å². The van der Waals surface area contributed by atoms with Crippen LogP contribution in [0.1, 0.15) is 36.1 Å². The van der Waals surface area contributed by atoms with Crippen LogP contribution < -0.4 is 5.32 Å². The molecule has 0 aliphatic heterocycles. The molecule has 1 amide bonds. The van der Waals surface area contributed by atoms with E-state index in [9.17, 15) is 24.5 Å². The first kappa shape index (κ1) is 18.1. The Morgan fingerprint density at radius 3 is 2.44 bits per heavy atom. The van der Waals surface area contributed by atoms with Crippen LogP contribution in [0.3, 0.4) is 0 Å². The van der Waals surface area contributed by atoms with Crippen LogP contribution in [-0.4, -0.2) is 47.2 Å². The molecule has 2 aromatic rings. The molecule has 12 heteroatoms. The van der Waals surface area contributed by atoms with Gasteiger partial charge < -0.3 is 24.9 Å². The predicted octanol–water partition coefficient (Wildman–Crippen LogP) is 1.51. The number of nitrogens with zero attached hydrogens (tertiary/aromatic N) is 2. The Labute approximate surface area is 144 Å². The Bertz CT molecular complexity index is 870. The van der Waals surface area contributed by atoms with Crippen LogP contribution in [0.5, 0.6) is 0 Å². The van der Waals surface area contributed by atoms with Crippen molar-refractivity contribution in [2.24, 2.45) is 0 Å². The fraction of sp³-hybridized carbons (Fsp3) is 0.231. The molecule has 2 aromatic heterocycles. The van der Waals surface area contributed by atoms with Gasteiger partial charge in [0, 0.05) is 0 Å². The summed E-state index contributed by atoms with van der Waals surface area (Å²) in [5, 5.41) is 18.7. The molecule has 0 radical (unpaired) electrons. The zero-order chi connectivity index (χ0) is 18.7. The lowest BCUT2D eigenvalue weighted by Crippen LogP contribution is -2.14. The number of amides is 1. The molecular weight excluding hydrogens is 356 g/mol. The monoisotopic (exact) mass is 368 g/mol. The summed E-state index contributed by atoms with van der Waals surface area (Å²) in [5.74, 6) is -2.70. The molecule has 0 fully saturated rings. The number of nitro groups is 1. The van der Waals surface area contributed by atoms with Crippen molar-refractivity contribution in [2.45, 2.75) is 6.92 Å². The number of H-pyrrole nitrogens is 1. The highest BCUT2D eigenvalue weighted by atomic mass is 32.1. The molecular formula is C13H12N4O7S. The molecule has 0 aliphatic carbocycles. The van der Waals surface area contributed by atoms with Crippen molar-refractivity contribution in [1.29, 1.82) is 0 Å². The Morgan fingerprint density at radius 1 is 1.28 bits per heavy atom. The van der Waals surface area contributed by atoms with Gasteiger partial charge in [0.2, 0.25) is 0 Å². The van der Waals surface area contributed by atoms with E-state index in [0.717, 1.165) is 24.5 Å². The molecule has 0 unspecified atom stereocenters. The summed E-state index contributed by atoms with van der Waals surface area (Å²) in [6.07, 6.45) is 0. The van der Waals surface area contributed by atoms with Crippen molar-refractivity contribution < 1.29 is 28.8 Å². The molecule has 0 spiro atoms. The first-order valence-corrected chi connectivity index (χ1v) is 7.43. The number of thiophene rings is 1. The van der Waals surface area contributed by atoms with Crippen molar-refractivity contribution in [1.82, 2.24) is 10.2 Å². The van der Waals surface area contributed by atoms with E-state index in [0.29, 0.717) is 0 Å². The van der Waals surface area contributed by atoms with Gasteiger partial charge in [-0.1, -0.05) is 5.10 Å². The average molecular weight is 368 g/mol. The van der Waals surface area contributed by atoms with Crippen LogP contribution in [-0.2, 0) is 9.47 Å². The number of hydrogen-bond donors (Lipinski definition) is 2. The third-order valence-electron chi connectivity index (χ3n) is 3.13. The summed E-state index contributed by atoms with van der Waals surface area (Å²) in [7, 11) is 2.33. The summed E-state index contributed by atoms with van der Waals surface area (Å²) >= 11 is 0.819. The lowest BCUT2D eigenvalue weighted by Gasteiger charge is -2.04. The van der Waals surface area contributed by atoms with Crippen LogP contribution in [0, 0.1) is 17.0 Å². The van der Waals surface area contributed by atoms with Gasteiger partial charge in [0.1, 0.15) is 9.88 Å². The lowest BCUT2D eigenvalue weighted by molar-refractivity contribution is -0.389. The third kappa shape index (κ3) is 3.47. The van der Waals surface area contributed by atoms with E-state index in [-0.39, 0.29) is 26.7 Å². The van der Waals surface area contributed by atoms with E-state index in [1.54, 1.807) is 0 Å². The summed E-state index contributed by atoms with van der Waals surface area (Å²) in [6.45, 7) is 1.50. The number of aromatic nitrogens is 2. The van der Waals surface area contributed by atoms with Crippen LogP contribution in [0.4, 0.5) is 10.8 Å². The second kappa shape index (κ2) is 7.09. The van der Waals surface area contributed by atoms with Gasteiger partial charge in [0.25, 0.3) is 5.91 Å². The zero-order valence-electron chi connectivity index (χ0n) is 13.2. The van der Waals surface area contributed by atoms with Crippen molar-refractivity contribution in [3.05, 3.63) is 37.9 Å². The molecule has 0 saturated carbocycles. The smallest absolute Gasteiger partial charge is 0.348 e. The number of methoxy groups -OCH3 is 2. The number of esters is 2. The number of carbonyl (C=O) groups excluding carboxylic acids is 3. The molecule has 0 saturated heterocycles. The van der Waals surface area contributed by atoms with Gasteiger partial charge in [0.05, 0.1) is 25.8 Å². The molecule has 2 heterocycles. The standard InChI is InChI=1S/C13H12N4O7S/c1-5-8(12(19)23-2)11(25-9(5)13(20)24-3)14-10(18)6-4-7(16-15-6)17(21)22/h4H,1-3H3,(H,14,18)(H,15,16). The number of aromatic amines is 1. The van der Waals surface area contributed by atoms with Gasteiger partial charge in [-0.3, -0.25) is 4.79 Å². The van der Waals surface area contributed by atoms with E-state index >= 15 is 0 Å². The molecule has 2 N–H and O–H groups in total. The largest absolute Gasteiger partial charge is 0.465 e. The molecule has 2 rings (SSSR count). The maximum atomic E-state index is 12.2. The van der Waals surface area contributed by atoms with Crippen molar-refractivity contribution >= 4 is 40.0 Å². The summed E-state index contributed by atoms with van der Waals surface area (Å²) in [4.78, 5) is 45.9. The molecule has 0 atom stereocenters. The molecule has 0 aliphatic rings. The van der Waals surface area contributed by atoms with Gasteiger partial charge in [-0.05, 0) is 17.4 Å². The fourth-order valence-corrected chi connectivity index (χ4v) is 3.03. The number of nitrogens with one attached hydrogen (secondary N) is 2. The number of rotatable bonds is 5. The first-order valence-electron chi connectivity index (χ1n) is 6.61. The molecule has 0 aromatic carbocycles. The van der Waals surface area contributed by atoms with Gasteiger partial charge in [-0.25, -0.2) is 9.59 Å². The highest BCUT2D eigenvalue weighted by Crippen LogP contribution is 2.34. The summed E-state index contributed by atoms with van der Waals surface area (Å²) < 4.78 is 9.29. The predicted molar refractivity (Wildman–Crippen MR) is 84.9 cm³/mol. The van der Waals surface area contributed by atoms with E-state index in [1.807, 2.05) is 0 Å². The topological polar surface area (TPSA) is 154 Å². The van der Waals surface area contributed by atoms with Crippen molar-refractivity contribution in [2.75, 3.05) is 19.5 Å². The minimum Gasteiger partial charge on any atom is -0.465 e. The molecule has 25 heavy (non-hydrogen) atoms. The number of hydrogen-bond acceptors (Lipinski definition) is 9. The van der Waals surface area contributed by atoms with Gasteiger partial charge in [-0.2, -0.15) is 0 Å². The minimum absolute atomic E-state index is 0.00807. The highest BCUT2D eigenvalue weighted by molar-refractivity contribution is 7.18. The van der Waals surface area contributed by atoms with Crippen LogP contribution in [0.2, 0.25) is 0 Å². The number of anilines is 1. The van der Waals surface area contributed by atoms with E-state index in [4.69, 9.17) is 0 Å². The second-order valence-corrected chi connectivity index (χ2v) is 5.61. The van der Waals surface area contributed by atoms with Crippen molar-refractivity contribution in [3.8, 4) is 0 Å². The summed E-state index contributed by atoms with van der Waals surface area (Å²) in [5.41, 5.74) is 0.0199. The van der Waals surface area contributed by atoms with E-state index in [2.05, 4.69) is 25.0 Å². The Hall–Kier alpha value is -3.28. The van der Waals surface area contributed by atoms with E-state index < -0.39 is 28.6 Å². The lowest BCUT2D eigenvalue weighted by atomic mass is 10.1. The number of carbonyl (C=O) groups is 3. The number of ether oxygens (including phenoxy) is 2. The fourth-order valence-electron chi connectivity index (χ4n) is 1.93. The maximum Gasteiger partial charge on any atom is 0.348 e. The molecule has 132 valence electrons. The maximum absolute atomic E-state index is 12.2.